The molecular weight excluding hydrogens is 418 g/mol. The summed E-state index contributed by atoms with van der Waals surface area (Å²) in [5, 5.41) is 22.0. The second-order valence-electron chi connectivity index (χ2n) is 5.18. The highest BCUT2D eigenvalue weighted by atomic mass is 79.9. The van der Waals surface area contributed by atoms with E-state index in [9.17, 15) is 14.7 Å². The zero-order valence-corrected chi connectivity index (χ0v) is 15.7. The molecule has 2 aromatic rings. The number of hydrogen-bond donors (Lipinski definition) is 4. The van der Waals surface area contributed by atoms with E-state index in [1.165, 1.54) is 30.9 Å². The van der Waals surface area contributed by atoms with Crippen molar-refractivity contribution in [2.75, 3.05) is 7.11 Å². The van der Waals surface area contributed by atoms with Gasteiger partial charge in [0.05, 0.1) is 13.3 Å². The van der Waals surface area contributed by atoms with Crippen LogP contribution in [0, 0.1) is 0 Å². The van der Waals surface area contributed by atoms with Gasteiger partial charge in [0, 0.05) is 21.7 Å². The SMILES string of the molecule is COc1cc(/C=N/NC(=O)c2cccc(/C=C/C(=O)NO)c2)c(Br)cc1O. The van der Waals surface area contributed by atoms with Gasteiger partial charge in [0.1, 0.15) is 0 Å². The highest BCUT2D eigenvalue weighted by Crippen LogP contribution is 2.31. The molecule has 0 radical (unpaired) electrons. The molecule has 2 amide bonds. The van der Waals surface area contributed by atoms with Crippen molar-refractivity contribution in [3.63, 3.8) is 0 Å². The van der Waals surface area contributed by atoms with Crippen LogP contribution in [0.25, 0.3) is 6.08 Å². The summed E-state index contributed by atoms with van der Waals surface area (Å²) < 4.78 is 5.60. The van der Waals surface area contributed by atoms with Crippen LogP contribution in [0.2, 0.25) is 0 Å². The lowest BCUT2D eigenvalue weighted by molar-refractivity contribution is -0.124. The normalized spacial score (nSPS) is 10.9. The Labute approximate surface area is 163 Å². The highest BCUT2D eigenvalue weighted by molar-refractivity contribution is 9.10. The predicted octanol–water partition coefficient (Wildman–Crippen LogP) is 2.45. The van der Waals surface area contributed by atoms with Gasteiger partial charge in [-0.2, -0.15) is 5.10 Å². The van der Waals surface area contributed by atoms with Crippen molar-refractivity contribution >= 4 is 40.0 Å². The van der Waals surface area contributed by atoms with Gasteiger partial charge in [-0.05, 0) is 51.8 Å². The molecule has 0 spiro atoms. The number of carbonyl (C=O) groups is 2. The molecule has 0 saturated heterocycles. The van der Waals surface area contributed by atoms with E-state index in [1.54, 1.807) is 30.3 Å². The number of methoxy groups -OCH3 is 1. The van der Waals surface area contributed by atoms with Gasteiger partial charge in [0.2, 0.25) is 0 Å². The summed E-state index contributed by atoms with van der Waals surface area (Å²) in [4.78, 5) is 23.2. The van der Waals surface area contributed by atoms with Crippen LogP contribution < -0.4 is 15.6 Å². The van der Waals surface area contributed by atoms with E-state index in [4.69, 9.17) is 9.94 Å². The molecule has 0 heterocycles. The van der Waals surface area contributed by atoms with Crippen molar-refractivity contribution in [3.05, 3.63) is 63.6 Å². The molecule has 4 N–H and O–H groups in total. The molecule has 0 aliphatic rings. The lowest BCUT2D eigenvalue weighted by Crippen LogP contribution is -2.17. The number of hydroxylamine groups is 1. The maximum Gasteiger partial charge on any atom is 0.271 e. The number of nitrogens with one attached hydrogen (secondary N) is 2. The summed E-state index contributed by atoms with van der Waals surface area (Å²) in [7, 11) is 1.43. The first-order valence-electron chi connectivity index (χ1n) is 7.56. The number of benzene rings is 2. The summed E-state index contributed by atoms with van der Waals surface area (Å²) >= 11 is 3.29. The molecule has 0 fully saturated rings. The van der Waals surface area contributed by atoms with Crippen molar-refractivity contribution in [1.82, 2.24) is 10.9 Å². The molecule has 2 rings (SSSR count). The molecule has 8 nitrogen and oxygen atoms in total. The van der Waals surface area contributed by atoms with Gasteiger partial charge in [-0.25, -0.2) is 10.9 Å². The third kappa shape index (κ3) is 5.66. The fraction of sp³-hybridized carbons (Fsp3) is 0.0556. The summed E-state index contributed by atoms with van der Waals surface area (Å²) in [5.74, 6) is -0.873. The first kappa shape index (κ1) is 20.1. The van der Waals surface area contributed by atoms with Crippen LogP contribution in [-0.4, -0.2) is 35.5 Å². The van der Waals surface area contributed by atoms with Crippen LogP contribution in [0.3, 0.4) is 0 Å². The van der Waals surface area contributed by atoms with E-state index >= 15 is 0 Å². The molecular formula is C18H16BrN3O5. The van der Waals surface area contributed by atoms with Gasteiger partial charge < -0.3 is 9.84 Å². The number of aromatic hydroxyl groups is 1. The van der Waals surface area contributed by atoms with Crippen LogP contribution in [0.15, 0.2) is 52.0 Å². The molecule has 0 bridgehead atoms. The van der Waals surface area contributed by atoms with E-state index in [0.717, 1.165) is 6.08 Å². The van der Waals surface area contributed by atoms with Crippen molar-refractivity contribution < 1.29 is 24.6 Å². The Morgan fingerprint density at radius 2 is 2.04 bits per heavy atom. The fourth-order valence-corrected chi connectivity index (χ4v) is 2.47. The number of halogens is 1. The average molecular weight is 434 g/mol. The minimum Gasteiger partial charge on any atom is -0.504 e. The monoisotopic (exact) mass is 433 g/mol. The predicted molar refractivity (Wildman–Crippen MR) is 103 cm³/mol. The number of carbonyl (C=O) groups excluding carboxylic acids is 2. The standard InChI is InChI=1S/C18H16BrN3O5/c1-27-16-8-13(14(19)9-15(16)23)10-20-21-18(25)12-4-2-3-11(7-12)5-6-17(24)22-26/h2-10,23,26H,1H3,(H,21,25)(H,22,24)/b6-5+,20-10+. The van der Waals surface area contributed by atoms with Gasteiger partial charge >= 0.3 is 0 Å². The van der Waals surface area contributed by atoms with Crippen molar-refractivity contribution in [3.8, 4) is 11.5 Å². The number of phenolic OH excluding ortho intramolecular Hbond substituents is 1. The Morgan fingerprint density at radius 1 is 1.26 bits per heavy atom. The second kappa shape index (κ2) is 9.51. The van der Waals surface area contributed by atoms with E-state index in [2.05, 4.69) is 26.5 Å². The van der Waals surface area contributed by atoms with Gasteiger partial charge in [0.15, 0.2) is 11.5 Å². The topological polar surface area (TPSA) is 120 Å². The van der Waals surface area contributed by atoms with E-state index in [-0.39, 0.29) is 11.5 Å². The molecule has 0 aliphatic heterocycles. The van der Waals surface area contributed by atoms with E-state index in [0.29, 0.717) is 21.2 Å². The van der Waals surface area contributed by atoms with E-state index in [1.807, 2.05) is 0 Å². The molecule has 27 heavy (non-hydrogen) atoms. The largest absolute Gasteiger partial charge is 0.504 e. The lowest BCUT2D eigenvalue weighted by atomic mass is 10.1. The minimum atomic E-state index is -0.677. The fourth-order valence-electron chi connectivity index (χ4n) is 2.04. The Hall–Kier alpha value is -3.17. The van der Waals surface area contributed by atoms with Crippen LogP contribution in [0.4, 0.5) is 0 Å². The number of hydrogen-bond acceptors (Lipinski definition) is 6. The third-order valence-electron chi connectivity index (χ3n) is 3.35. The maximum atomic E-state index is 12.2. The second-order valence-corrected chi connectivity index (χ2v) is 6.03. The highest BCUT2D eigenvalue weighted by Gasteiger charge is 2.07. The third-order valence-corrected chi connectivity index (χ3v) is 4.04. The molecule has 0 aromatic heterocycles. The van der Waals surface area contributed by atoms with Crippen molar-refractivity contribution in [2.45, 2.75) is 0 Å². The summed E-state index contributed by atoms with van der Waals surface area (Å²) in [6, 6.07) is 9.52. The smallest absolute Gasteiger partial charge is 0.271 e. The number of amides is 2. The number of phenols is 1. The Kier molecular flexibility index (Phi) is 7.09. The Balaban J connectivity index is 2.09. The van der Waals surface area contributed by atoms with Crippen LogP contribution in [0.5, 0.6) is 11.5 Å². The van der Waals surface area contributed by atoms with Crippen LogP contribution in [-0.2, 0) is 4.79 Å². The van der Waals surface area contributed by atoms with Crippen molar-refractivity contribution in [2.24, 2.45) is 5.10 Å². The zero-order valence-electron chi connectivity index (χ0n) is 14.1. The number of rotatable bonds is 6. The number of hydrazone groups is 1. The Bertz CT molecular complexity index is 912. The zero-order chi connectivity index (χ0) is 19.8. The average Bonchev–Trinajstić information content (AvgIpc) is 2.67. The maximum absolute atomic E-state index is 12.2. The van der Waals surface area contributed by atoms with Gasteiger partial charge in [-0.15, -0.1) is 0 Å². The summed E-state index contributed by atoms with van der Waals surface area (Å²) in [6.45, 7) is 0. The lowest BCUT2D eigenvalue weighted by Gasteiger charge is -2.06. The summed E-state index contributed by atoms with van der Waals surface area (Å²) in [6.07, 6.45) is 3.98. The molecule has 140 valence electrons. The van der Waals surface area contributed by atoms with Gasteiger partial charge in [-0.3, -0.25) is 14.8 Å². The van der Waals surface area contributed by atoms with Crippen molar-refractivity contribution in [1.29, 1.82) is 0 Å². The minimum absolute atomic E-state index is 0.0229. The van der Waals surface area contributed by atoms with Crippen LogP contribution in [0.1, 0.15) is 21.5 Å². The number of ether oxygens (including phenoxy) is 1. The quantitative estimate of drug-likeness (QED) is 0.241. The summed E-state index contributed by atoms with van der Waals surface area (Å²) in [5.41, 5.74) is 5.40. The first-order chi connectivity index (χ1) is 12.9. The molecule has 0 aliphatic carbocycles. The molecule has 9 heteroatoms. The van der Waals surface area contributed by atoms with E-state index < -0.39 is 11.8 Å². The molecule has 0 unspecified atom stereocenters. The molecule has 0 saturated carbocycles. The molecule has 0 atom stereocenters. The number of nitrogens with zero attached hydrogens (tertiary/aromatic N) is 1. The Morgan fingerprint density at radius 3 is 2.74 bits per heavy atom. The van der Waals surface area contributed by atoms with Gasteiger partial charge in [0.25, 0.3) is 11.8 Å². The first-order valence-corrected chi connectivity index (χ1v) is 8.36. The van der Waals surface area contributed by atoms with Gasteiger partial charge in [-0.1, -0.05) is 12.1 Å². The van der Waals surface area contributed by atoms with Crippen LogP contribution >= 0.6 is 15.9 Å². The molecule has 2 aromatic carbocycles.